The molecule has 1 aromatic carbocycles. The Kier molecular flexibility index (Phi) is 2.55. The minimum Gasteiger partial charge on any atom is -0.294 e. The molecular weight excluding hydrogens is 198 g/mol. The van der Waals surface area contributed by atoms with Crippen molar-refractivity contribution in [3.05, 3.63) is 34.4 Å². The number of carbonyl (C=O) groups is 1. The van der Waals surface area contributed by atoms with Crippen molar-refractivity contribution in [1.29, 1.82) is 0 Å². The van der Waals surface area contributed by atoms with Crippen molar-refractivity contribution < 1.29 is 13.6 Å². The van der Waals surface area contributed by atoms with Crippen LogP contribution in [0, 0.1) is 18.6 Å². The lowest BCUT2D eigenvalue weighted by molar-refractivity contribution is 0.0977. The van der Waals surface area contributed by atoms with Crippen molar-refractivity contribution in [3.63, 3.8) is 0 Å². The minimum absolute atomic E-state index is 0.00926. The first-order valence-corrected chi connectivity index (χ1v) is 5.12. The molecule has 1 aliphatic carbocycles. The van der Waals surface area contributed by atoms with Gasteiger partial charge in [0.2, 0.25) is 0 Å². The summed E-state index contributed by atoms with van der Waals surface area (Å²) in [5.41, 5.74) is 0.465. The van der Waals surface area contributed by atoms with Crippen LogP contribution in [0.15, 0.2) is 6.07 Å². The first-order chi connectivity index (χ1) is 7.11. The van der Waals surface area contributed by atoms with Gasteiger partial charge in [-0.2, -0.15) is 0 Å². The number of halogens is 2. The Balaban J connectivity index is 2.69. The van der Waals surface area contributed by atoms with Crippen LogP contribution in [0.5, 0.6) is 0 Å². The summed E-state index contributed by atoms with van der Waals surface area (Å²) >= 11 is 0. The second-order valence-corrected chi connectivity index (χ2v) is 3.97. The minimum atomic E-state index is -0.543. The van der Waals surface area contributed by atoms with Gasteiger partial charge in [-0.25, -0.2) is 8.78 Å². The summed E-state index contributed by atoms with van der Waals surface area (Å²) in [6.45, 7) is 1.48. The van der Waals surface area contributed by atoms with Crippen LogP contribution in [0.3, 0.4) is 0 Å². The zero-order chi connectivity index (χ0) is 11.0. The highest BCUT2D eigenvalue weighted by Gasteiger charge is 2.23. The van der Waals surface area contributed by atoms with Crippen LogP contribution in [0.1, 0.15) is 40.7 Å². The van der Waals surface area contributed by atoms with Crippen LogP contribution in [0.4, 0.5) is 8.78 Å². The SMILES string of the molecule is Cc1cc(F)c2c(c1F)C(=O)CCCC2. The maximum Gasteiger partial charge on any atom is 0.166 e. The molecule has 80 valence electrons. The standard InChI is InChI=1S/C12H12F2O/c1-7-6-9(13)8-4-2-3-5-10(15)11(8)12(7)14/h6H,2-5H2,1H3. The topological polar surface area (TPSA) is 17.1 Å². The highest BCUT2D eigenvalue weighted by atomic mass is 19.1. The smallest absolute Gasteiger partial charge is 0.166 e. The zero-order valence-corrected chi connectivity index (χ0v) is 8.57. The number of hydrogen-bond donors (Lipinski definition) is 0. The molecular formula is C12H12F2O. The third kappa shape index (κ3) is 1.66. The average Bonchev–Trinajstić information content (AvgIpc) is 2.37. The lowest BCUT2D eigenvalue weighted by Crippen LogP contribution is -2.08. The van der Waals surface area contributed by atoms with Crippen molar-refractivity contribution in [2.24, 2.45) is 0 Å². The van der Waals surface area contributed by atoms with Crippen LogP contribution in [-0.2, 0) is 6.42 Å². The molecule has 0 unspecified atom stereocenters. The van der Waals surface area contributed by atoms with Gasteiger partial charge in [-0.3, -0.25) is 4.79 Å². The lowest BCUT2D eigenvalue weighted by atomic mass is 9.98. The first kappa shape index (κ1) is 10.3. The third-order valence-corrected chi connectivity index (χ3v) is 2.86. The van der Waals surface area contributed by atoms with Crippen molar-refractivity contribution in [1.82, 2.24) is 0 Å². The van der Waals surface area contributed by atoms with Crippen LogP contribution in [-0.4, -0.2) is 5.78 Å². The van der Waals surface area contributed by atoms with E-state index in [9.17, 15) is 13.6 Å². The summed E-state index contributed by atoms with van der Waals surface area (Å²) in [7, 11) is 0. The number of Topliss-reactive ketones (excluding diaryl/α,β-unsaturated/α-hetero) is 1. The van der Waals surface area contributed by atoms with Crippen LogP contribution in [0.2, 0.25) is 0 Å². The molecule has 0 radical (unpaired) electrons. The number of rotatable bonds is 0. The van der Waals surface area contributed by atoms with E-state index >= 15 is 0 Å². The summed E-state index contributed by atoms with van der Waals surface area (Å²) in [5, 5.41) is 0. The number of aryl methyl sites for hydroxylation is 1. The summed E-state index contributed by atoms with van der Waals surface area (Å²) in [5.74, 6) is -1.25. The Hall–Kier alpha value is -1.25. The van der Waals surface area contributed by atoms with Crippen molar-refractivity contribution in [3.8, 4) is 0 Å². The number of ketones is 1. The van der Waals surface area contributed by atoms with Gasteiger partial charge in [-0.1, -0.05) is 0 Å². The molecule has 1 nitrogen and oxygen atoms in total. The van der Waals surface area contributed by atoms with E-state index in [1.807, 2.05) is 0 Å². The van der Waals surface area contributed by atoms with Crippen molar-refractivity contribution in [2.45, 2.75) is 32.6 Å². The number of carbonyl (C=O) groups excluding carboxylic acids is 1. The molecule has 0 N–H and O–H groups in total. The number of fused-ring (bicyclic) bond motifs is 1. The molecule has 1 aliphatic rings. The molecule has 0 bridgehead atoms. The fraction of sp³-hybridized carbons (Fsp3) is 0.417. The second-order valence-electron chi connectivity index (χ2n) is 3.97. The summed E-state index contributed by atoms with van der Waals surface area (Å²) < 4.78 is 27.3. The maximum atomic E-state index is 13.7. The van der Waals surface area contributed by atoms with Gasteiger partial charge in [0.15, 0.2) is 5.78 Å². The molecule has 2 rings (SSSR count). The molecule has 0 fully saturated rings. The first-order valence-electron chi connectivity index (χ1n) is 5.12. The monoisotopic (exact) mass is 210 g/mol. The van der Waals surface area contributed by atoms with Gasteiger partial charge in [-0.05, 0) is 37.8 Å². The normalized spacial score (nSPS) is 16.1. The second kappa shape index (κ2) is 3.72. The van der Waals surface area contributed by atoms with E-state index < -0.39 is 11.6 Å². The predicted molar refractivity (Wildman–Crippen MR) is 53.0 cm³/mol. The third-order valence-electron chi connectivity index (χ3n) is 2.86. The maximum absolute atomic E-state index is 13.7. The van der Waals surface area contributed by atoms with E-state index in [-0.39, 0.29) is 22.5 Å². The van der Waals surface area contributed by atoms with Gasteiger partial charge in [0.25, 0.3) is 0 Å². The molecule has 3 heteroatoms. The number of hydrogen-bond acceptors (Lipinski definition) is 1. The molecule has 0 atom stereocenters. The predicted octanol–water partition coefficient (Wildman–Crippen LogP) is 3.18. The van der Waals surface area contributed by atoms with E-state index in [1.165, 1.54) is 13.0 Å². The van der Waals surface area contributed by atoms with Gasteiger partial charge in [-0.15, -0.1) is 0 Å². The Morgan fingerprint density at radius 1 is 1.20 bits per heavy atom. The molecule has 1 aromatic rings. The molecule has 0 heterocycles. The van der Waals surface area contributed by atoms with Gasteiger partial charge in [0, 0.05) is 12.0 Å². The Morgan fingerprint density at radius 2 is 1.87 bits per heavy atom. The van der Waals surface area contributed by atoms with E-state index in [4.69, 9.17) is 0 Å². The van der Waals surface area contributed by atoms with E-state index in [1.54, 1.807) is 0 Å². The molecule has 0 amide bonds. The van der Waals surface area contributed by atoms with E-state index in [0.29, 0.717) is 19.3 Å². The summed E-state index contributed by atoms with van der Waals surface area (Å²) in [6, 6.07) is 1.17. The van der Waals surface area contributed by atoms with Gasteiger partial charge >= 0.3 is 0 Å². The lowest BCUT2D eigenvalue weighted by Gasteiger charge is -2.09. The molecule has 0 aromatic heterocycles. The fourth-order valence-corrected chi connectivity index (χ4v) is 2.04. The highest BCUT2D eigenvalue weighted by Crippen LogP contribution is 2.27. The summed E-state index contributed by atoms with van der Waals surface area (Å²) in [4.78, 5) is 11.6. The van der Waals surface area contributed by atoms with Crippen LogP contribution >= 0.6 is 0 Å². The van der Waals surface area contributed by atoms with E-state index in [2.05, 4.69) is 0 Å². The van der Waals surface area contributed by atoms with Gasteiger partial charge in [0.1, 0.15) is 11.6 Å². The number of benzene rings is 1. The van der Waals surface area contributed by atoms with Crippen molar-refractivity contribution >= 4 is 5.78 Å². The summed E-state index contributed by atoms with van der Waals surface area (Å²) in [6.07, 6.45) is 2.25. The molecule has 0 spiro atoms. The zero-order valence-electron chi connectivity index (χ0n) is 8.57. The Bertz CT molecular complexity index is 424. The van der Waals surface area contributed by atoms with Crippen LogP contribution in [0.25, 0.3) is 0 Å². The Labute approximate surface area is 87.1 Å². The average molecular weight is 210 g/mol. The van der Waals surface area contributed by atoms with Crippen LogP contribution < -0.4 is 0 Å². The molecule has 15 heavy (non-hydrogen) atoms. The molecule has 0 saturated carbocycles. The molecule has 0 saturated heterocycles. The largest absolute Gasteiger partial charge is 0.294 e. The molecule has 0 aliphatic heterocycles. The van der Waals surface area contributed by atoms with Crippen molar-refractivity contribution in [2.75, 3.05) is 0 Å². The highest BCUT2D eigenvalue weighted by molar-refractivity contribution is 5.98. The van der Waals surface area contributed by atoms with Gasteiger partial charge in [0.05, 0.1) is 5.56 Å². The quantitative estimate of drug-likeness (QED) is 0.601. The Morgan fingerprint density at radius 3 is 2.60 bits per heavy atom. The van der Waals surface area contributed by atoms with E-state index in [0.717, 1.165) is 6.42 Å². The fourth-order valence-electron chi connectivity index (χ4n) is 2.04. The van der Waals surface area contributed by atoms with Gasteiger partial charge < -0.3 is 0 Å².